The van der Waals surface area contributed by atoms with Crippen molar-refractivity contribution in [2.24, 2.45) is 0 Å². The van der Waals surface area contributed by atoms with E-state index in [0.29, 0.717) is 10.7 Å². The maximum absolute atomic E-state index is 12.8. The Labute approximate surface area is 206 Å². The van der Waals surface area contributed by atoms with Crippen LogP contribution in [0.3, 0.4) is 0 Å². The molecule has 0 bridgehead atoms. The van der Waals surface area contributed by atoms with Gasteiger partial charge in [-0.05, 0) is 47.0 Å². The summed E-state index contributed by atoms with van der Waals surface area (Å²) in [5.41, 5.74) is 6.83. The molecular formula is C25H22ClN5O4. The molecule has 4 aromatic rings. The van der Waals surface area contributed by atoms with Crippen LogP contribution in [0.15, 0.2) is 79.1 Å². The third kappa shape index (κ3) is 6.30. The summed E-state index contributed by atoms with van der Waals surface area (Å²) in [5, 5.41) is 27.8. The topological polar surface area (TPSA) is 131 Å². The maximum atomic E-state index is 12.8. The number of benzene rings is 2. The Hall–Kier alpha value is -4.05. The van der Waals surface area contributed by atoms with Gasteiger partial charge in [0.2, 0.25) is 0 Å². The standard InChI is InChI=1S/C25H22ClN5O4/c26-20-5-1-3-18(11-20)17-8-6-16(7-9-17)14-31(15-23(32)25(34)35)30-24(33)22-12-21(28-29-22)19-4-2-10-27-13-19/h1-13,23,32H,14-15H2,(H,28,29)(H,30,33)(H,34,35)/t23-/m1/s1. The lowest BCUT2D eigenvalue weighted by atomic mass is 10.0. The zero-order chi connectivity index (χ0) is 24.8. The molecule has 0 fully saturated rings. The number of carboxylic acid groups (broad SMARTS) is 1. The van der Waals surface area contributed by atoms with E-state index in [1.54, 1.807) is 30.6 Å². The van der Waals surface area contributed by atoms with Crippen LogP contribution in [-0.4, -0.2) is 54.9 Å². The second kappa shape index (κ2) is 10.9. The van der Waals surface area contributed by atoms with Crippen LogP contribution in [0.5, 0.6) is 0 Å². The number of nitrogens with zero attached hydrogens (tertiary/aromatic N) is 3. The molecule has 1 amide bonds. The molecule has 0 aliphatic heterocycles. The lowest BCUT2D eigenvalue weighted by Crippen LogP contribution is -2.47. The van der Waals surface area contributed by atoms with E-state index >= 15 is 0 Å². The highest BCUT2D eigenvalue weighted by molar-refractivity contribution is 6.30. The average molecular weight is 492 g/mol. The first kappa shape index (κ1) is 24.1. The number of carbonyl (C=O) groups is 2. The molecule has 0 unspecified atom stereocenters. The van der Waals surface area contributed by atoms with E-state index in [0.717, 1.165) is 22.3 Å². The number of hydrogen-bond acceptors (Lipinski definition) is 6. The van der Waals surface area contributed by atoms with Gasteiger partial charge < -0.3 is 10.2 Å². The van der Waals surface area contributed by atoms with E-state index in [-0.39, 0.29) is 18.8 Å². The molecular weight excluding hydrogens is 470 g/mol. The number of carboxylic acids is 1. The third-order valence-corrected chi connectivity index (χ3v) is 5.44. The Bertz CT molecular complexity index is 1310. The lowest BCUT2D eigenvalue weighted by molar-refractivity contribution is -0.148. The minimum absolute atomic E-state index is 0.106. The largest absolute Gasteiger partial charge is 0.479 e. The summed E-state index contributed by atoms with van der Waals surface area (Å²) in [7, 11) is 0. The smallest absolute Gasteiger partial charge is 0.333 e. The number of rotatable bonds is 9. The van der Waals surface area contributed by atoms with Gasteiger partial charge in [-0.1, -0.05) is 48.0 Å². The monoisotopic (exact) mass is 491 g/mol. The first-order chi connectivity index (χ1) is 16.9. The van der Waals surface area contributed by atoms with E-state index in [1.165, 1.54) is 5.01 Å². The van der Waals surface area contributed by atoms with Crippen molar-refractivity contribution in [2.45, 2.75) is 12.6 Å². The number of aliphatic hydroxyl groups is 1. The second-order valence-corrected chi connectivity index (χ2v) is 8.23. The number of hydrogen-bond donors (Lipinski definition) is 4. The third-order valence-electron chi connectivity index (χ3n) is 5.21. The van der Waals surface area contributed by atoms with Gasteiger partial charge in [-0.3, -0.25) is 20.3 Å². The highest BCUT2D eigenvalue weighted by Crippen LogP contribution is 2.23. The maximum Gasteiger partial charge on any atom is 0.333 e. The highest BCUT2D eigenvalue weighted by atomic mass is 35.5. The number of aliphatic hydroxyl groups excluding tert-OH is 1. The summed E-state index contributed by atoms with van der Waals surface area (Å²) >= 11 is 6.08. The molecule has 10 heteroatoms. The number of aromatic nitrogens is 3. The summed E-state index contributed by atoms with van der Waals surface area (Å²) in [6, 6.07) is 20.2. The van der Waals surface area contributed by atoms with E-state index < -0.39 is 18.0 Å². The molecule has 0 spiro atoms. The van der Waals surface area contributed by atoms with Crippen LogP contribution in [0.1, 0.15) is 16.1 Å². The van der Waals surface area contributed by atoms with Gasteiger partial charge in [0, 0.05) is 29.5 Å². The number of halogens is 1. The predicted molar refractivity (Wildman–Crippen MR) is 130 cm³/mol. The Balaban J connectivity index is 1.48. The van der Waals surface area contributed by atoms with Gasteiger partial charge in [0.25, 0.3) is 5.91 Å². The predicted octanol–water partition coefficient (Wildman–Crippen LogP) is 3.38. The van der Waals surface area contributed by atoms with Crippen LogP contribution in [0, 0.1) is 0 Å². The van der Waals surface area contributed by atoms with Crippen LogP contribution < -0.4 is 5.43 Å². The number of carbonyl (C=O) groups excluding carboxylic acids is 1. The van der Waals surface area contributed by atoms with Crippen LogP contribution in [0.4, 0.5) is 0 Å². The molecule has 178 valence electrons. The minimum atomic E-state index is -1.69. The van der Waals surface area contributed by atoms with Crippen molar-refractivity contribution in [3.05, 3.63) is 95.4 Å². The van der Waals surface area contributed by atoms with Crippen molar-refractivity contribution >= 4 is 23.5 Å². The van der Waals surface area contributed by atoms with E-state index in [2.05, 4.69) is 20.6 Å². The quantitative estimate of drug-likeness (QED) is 0.264. The average Bonchev–Trinajstić information content (AvgIpc) is 3.35. The van der Waals surface area contributed by atoms with Crippen LogP contribution in [0.25, 0.3) is 22.4 Å². The lowest BCUT2D eigenvalue weighted by Gasteiger charge is -2.24. The van der Waals surface area contributed by atoms with Crippen molar-refractivity contribution in [3.8, 4) is 22.4 Å². The number of hydrazine groups is 1. The van der Waals surface area contributed by atoms with Gasteiger partial charge >= 0.3 is 5.97 Å². The molecule has 4 N–H and O–H groups in total. The Kier molecular flexibility index (Phi) is 7.51. The number of aromatic amines is 1. The van der Waals surface area contributed by atoms with E-state index in [1.807, 2.05) is 48.5 Å². The molecule has 1 atom stereocenters. The normalized spacial score (nSPS) is 11.9. The van der Waals surface area contributed by atoms with Crippen molar-refractivity contribution in [1.82, 2.24) is 25.6 Å². The summed E-state index contributed by atoms with van der Waals surface area (Å²) in [6.45, 7) is -0.164. The minimum Gasteiger partial charge on any atom is -0.479 e. The van der Waals surface area contributed by atoms with Gasteiger partial charge in [-0.25, -0.2) is 9.80 Å². The fourth-order valence-electron chi connectivity index (χ4n) is 3.44. The van der Waals surface area contributed by atoms with Crippen LogP contribution in [-0.2, 0) is 11.3 Å². The SMILES string of the molecule is O=C(NN(Cc1ccc(-c2cccc(Cl)c2)cc1)C[C@@H](O)C(=O)O)c1cc(-c2cccnc2)[nH]n1. The van der Waals surface area contributed by atoms with Crippen LogP contribution >= 0.6 is 11.6 Å². The first-order valence-electron chi connectivity index (χ1n) is 10.7. The van der Waals surface area contributed by atoms with Gasteiger partial charge in [0.15, 0.2) is 11.8 Å². The zero-order valence-electron chi connectivity index (χ0n) is 18.4. The van der Waals surface area contributed by atoms with Crippen molar-refractivity contribution < 1.29 is 19.8 Å². The number of nitrogens with one attached hydrogen (secondary N) is 2. The van der Waals surface area contributed by atoms with E-state index in [9.17, 15) is 14.7 Å². The Morgan fingerprint density at radius 1 is 1.03 bits per heavy atom. The second-order valence-electron chi connectivity index (χ2n) is 7.79. The van der Waals surface area contributed by atoms with Gasteiger partial charge in [0.1, 0.15) is 0 Å². The molecule has 4 rings (SSSR count). The number of aliphatic carboxylic acids is 1. The first-order valence-corrected chi connectivity index (χ1v) is 11.0. The summed E-state index contributed by atoms with van der Waals surface area (Å²) < 4.78 is 0. The highest BCUT2D eigenvalue weighted by Gasteiger charge is 2.21. The van der Waals surface area contributed by atoms with Gasteiger partial charge in [-0.15, -0.1) is 0 Å². The zero-order valence-corrected chi connectivity index (χ0v) is 19.2. The summed E-state index contributed by atoms with van der Waals surface area (Å²) in [4.78, 5) is 28.1. The number of H-pyrrole nitrogens is 1. The summed E-state index contributed by atoms with van der Waals surface area (Å²) in [5.74, 6) is -1.94. The molecule has 0 aliphatic rings. The van der Waals surface area contributed by atoms with Crippen molar-refractivity contribution in [2.75, 3.05) is 6.54 Å². The van der Waals surface area contributed by atoms with E-state index in [4.69, 9.17) is 16.7 Å². The number of amides is 1. The van der Waals surface area contributed by atoms with Crippen molar-refractivity contribution in [1.29, 1.82) is 0 Å². The molecule has 9 nitrogen and oxygen atoms in total. The van der Waals surface area contributed by atoms with Crippen molar-refractivity contribution in [3.63, 3.8) is 0 Å². The Morgan fingerprint density at radius 3 is 2.49 bits per heavy atom. The molecule has 2 heterocycles. The molecule has 0 saturated heterocycles. The van der Waals surface area contributed by atoms with Gasteiger partial charge in [-0.2, -0.15) is 5.10 Å². The Morgan fingerprint density at radius 2 is 1.80 bits per heavy atom. The fraction of sp³-hybridized carbons (Fsp3) is 0.120. The van der Waals surface area contributed by atoms with Gasteiger partial charge in [0.05, 0.1) is 12.2 Å². The summed E-state index contributed by atoms with van der Waals surface area (Å²) in [6.07, 6.45) is 1.59. The molecule has 0 radical (unpaired) electrons. The fourth-order valence-corrected chi connectivity index (χ4v) is 3.63. The molecule has 0 aliphatic carbocycles. The molecule has 35 heavy (non-hydrogen) atoms. The molecule has 0 saturated carbocycles. The van der Waals surface area contributed by atoms with Crippen LogP contribution in [0.2, 0.25) is 5.02 Å². The number of pyridine rings is 1. The molecule has 2 aromatic heterocycles. The molecule has 2 aromatic carbocycles.